The van der Waals surface area contributed by atoms with Crippen molar-refractivity contribution < 1.29 is 9.53 Å². The molecule has 0 spiro atoms. The minimum atomic E-state index is -0.332. The maximum absolute atomic E-state index is 11.6. The van der Waals surface area contributed by atoms with Crippen LogP contribution in [0.4, 0.5) is 5.69 Å². The standard InChI is InChI=1S/C11H13N3O2S/c1-8-9(12)7-10(17-8)11(15)16-6-5-14-4-2-3-13-14/h2-4,7H,5-6,12H2,1H3. The Hall–Kier alpha value is -1.82. The van der Waals surface area contributed by atoms with Crippen LogP contribution in [0, 0.1) is 6.92 Å². The van der Waals surface area contributed by atoms with Gasteiger partial charge < -0.3 is 10.5 Å². The molecule has 0 saturated carbocycles. The van der Waals surface area contributed by atoms with Gasteiger partial charge in [-0.3, -0.25) is 4.68 Å². The fraction of sp³-hybridized carbons (Fsp3) is 0.273. The van der Waals surface area contributed by atoms with Crippen LogP contribution in [-0.2, 0) is 11.3 Å². The molecular formula is C11H13N3O2S. The second kappa shape index (κ2) is 5.01. The van der Waals surface area contributed by atoms with Crippen LogP contribution in [0.5, 0.6) is 0 Å². The van der Waals surface area contributed by atoms with Crippen molar-refractivity contribution in [2.45, 2.75) is 13.5 Å². The zero-order valence-electron chi connectivity index (χ0n) is 9.42. The summed E-state index contributed by atoms with van der Waals surface area (Å²) in [6.45, 7) is 2.73. The van der Waals surface area contributed by atoms with Gasteiger partial charge >= 0.3 is 5.97 Å². The first-order valence-electron chi connectivity index (χ1n) is 5.17. The number of hydrogen-bond acceptors (Lipinski definition) is 5. The average molecular weight is 251 g/mol. The van der Waals surface area contributed by atoms with Crippen LogP contribution in [0.1, 0.15) is 14.5 Å². The number of esters is 1. The maximum atomic E-state index is 11.6. The van der Waals surface area contributed by atoms with Gasteiger partial charge in [0.1, 0.15) is 11.5 Å². The molecule has 0 bridgehead atoms. The Morgan fingerprint density at radius 1 is 1.65 bits per heavy atom. The molecule has 0 aliphatic carbocycles. The highest BCUT2D eigenvalue weighted by molar-refractivity contribution is 7.14. The Kier molecular flexibility index (Phi) is 3.43. The van der Waals surface area contributed by atoms with E-state index in [-0.39, 0.29) is 5.97 Å². The van der Waals surface area contributed by atoms with Crippen LogP contribution in [0.3, 0.4) is 0 Å². The predicted octanol–water partition coefficient (Wildman–Crippen LogP) is 1.69. The highest BCUT2D eigenvalue weighted by atomic mass is 32.1. The summed E-state index contributed by atoms with van der Waals surface area (Å²) >= 11 is 1.35. The van der Waals surface area contributed by atoms with Crippen LogP contribution in [0.2, 0.25) is 0 Å². The molecule has 0 unspecified atom stereocenters. The number of anilines is 1. The average Bonchev–Trinajstić information content (AvgIpc) is 2.90. The third-order valence-electron chi connectivity index (χ3n) is 2.27. The monoisotopic (exact) mass is 251 g/mol. The molecule has 0 atom stereocenters. The molecule has 2 N–H and O–H groups in total. The molecule has 0 fully saturated rings. The number of aryl methyl sites for hydroxylation is 1. The molecule has 2 heterocycles. The number of nitrogen functional groups attached to an aromatic ring is 1. The minimum Gasteiger partial charge on any atom is -0.460 e. The first-order valence-corrected chi connectivity index (χ1v) is 5.99. The number of hydrogen-bond donors (Lipinski definition) is 1. The highest BCUT2D eigenvalue weighted by Gasteiger charge is 2.11. The lowest BCUT2D eigenvalue weighted by atomic mass is 10.4. The quantitative estimate of drug-likeness (QED) is 0.839. The van der Waals surface area contributed by atoms with E-state index in [1.54, 1.807) is 16.9 Å². The van der Waals surface area contributed by atoms with E-state index in [0.29, 0.717) is 23.7 Å². The van der Waals surface area contributed by atoms with Crippen molar-refractivity contribution in [3.8, 4) is 0 Å². The summed E-state index contributed by atoms with van der Waals surface area (Å²) in [6, 6.07) is 3.47. The van der Waals surface area contributed by atoms with E-state index >= 15 is 0 Å². The first kappa shape index (κ1) is 11.7. The topological polar surface area (TPSA) is 70.1 Å². The second-order valence-corrected chi connectivity index (χ2v) is 4.78. The summed E-state index contributed by atoms with van der Waals surface area (Å²) in [4.78, 5) is 13.1. The van der Waals surface area contributed by atoms with Gasteiger partial charge in [-0.25, -0.2) is 4.79 Å². The Morgan fingerprint density at radius 2 is 2.47 bits per heavy atom. The summed E-state index contributed by atoms with van der Waals surface area (Å²) in [5.74, 6) is -0.332. The number of nitrogens with zero attached hydrogens (tertiary/aromatic N) is 2. The van der Waals surface area contributed by atoms with Gasteiger partial charge in [0.15, 0.2) is 0 Å². The fourth-order valence-corrected chi connectivity index (χ4v) is 2.17. The van der Waals surface area contributed by atoms with Gasteiger partial charge in [0.05, 0.1) is 6.54 Å². The van der Waals surface area contributed by atoms with Crippen molar-refractivity contribution in [2.24, 2.45) is 0 Å². The number of rotatable bonds is 4. The molecule has 90 valence electrons. The molecular weight excluding hydrogens is 238 g/mol. The number of carbonyl (C=O) groups excluding carboxylic acids is 1. The minimum absolute atomic E-state index is 0.303. The SMILES string of the molecule is Cc1sc(C(=O)OCCn2cccn2)cc1N. The van der Waals surface area contributed by atoms with Crippen LogP contribution < -0.4 is 5.73 Å². The number of carbonyl (C=O) groups is 1. The Labute approximate surface area is 103 Å². The Bertz CT molecular complexity index is 485. The highest BCUT2D eigenvalue weighted by Crippen LogP contribution is 2.23. The molecule has 0 saturated heterocycles. The van der Waals surface area contributed by atoms with E-state index in [1.165, 1.54) is 11.3 Å². The molecule has 2 aromatic heterocycles. The van der Waals surface area contributed by atoms with Crippen LogP contribution in [0.25, 0.3) is 0 Å². The molecule has 0 aliphatic heterocycles. The number of aromatic nitrogens is 2. The first-order chi connectivity index (χ1) is 8.16. The smallest absolute Gasteiger partial charge is 0.348 e. The van der Waals surface area contributed by atoms with Gasteiger partial charge in [-0.1, -0.05) is 0 Å². The summed E-state index contributed by atoms with van der Waals surface area (Å²) in [5.41, 5.74) is 6.31. The van der Waals surface area contributed by atoms with Crippen molar-refractivity contribution in [3.63, 3.8) is 0 Å². The normalized spacial score (nSPS) is 10.4. The van der Waals surface area contributed by atoms with E-state index in [1.807, 2.05) is 19.2 Å². The van der Waals surface area contributed by atoms with Crippen molar-refractivity contribution in [1.29, 1.82) is 0 Å². The van der Waals surface area contributed by atoms with Crippen LogP contribution in [-0.4, -0.2) is 22.4 Å². The van der Waals surface area contributed by atoms with Gasteiger partial charge in [-0.15, -0.1) is 11.3 Å². The number of ether oxygens (including phenoxy) is 1. The summed E-state index contributed by atoms with van der Waals surface area (Å²) < 4.78 is 6.83. The lowest BCUT2D eigenvalue weighted by Crippen LogP contribution is -2.10. The van der Waals surface area contributed by atoms with Crippen LogP contribution in [0.15, 0.2) is 24.5 Å². The zero-order valence-corrected chi connectivity index (χ0v) is 10.2. The van der Waals surface area contributed by atoms with Gasteiger partial charge in [-0.05, 0) is 19.1 Å². The fourth-order valence-electron chi connectivity index (χ4n) is 1.33. The molecule has 2 rings (SSSR count). The van der Waals surface area contributed by atoms with E-state index in [4.69, 9.17) is 10.5 Å². The lowest BCUT2D eigenvalue weighted by molar-refractivity contribution is 0.0493. The Morgan fingerprint density at radius 3 is 3.06 bits per heavy atom. The Balaban J connectivity index is 1.85. The van der Waals surface area contributed by atoms with Crippen molar-refractivity contribution >= 4 is 23.0 Å². The summed E-state index contributed by atoms with van der Waals surface area (Å²) in [5, 5.41) is 4.01. The van der Waals surface area contributed by atoms with E-state index in [2.05, 4.69) is 5.10 Å². The molecule has 6 heteroatoms. The maximum Gasteiger partial charge on any atom is 0.348 e. The lowest BCUT2D eigenvalue weighted by Gasteiger charge is -2.03. The van der Waals surface area contributed by atoms with Crippen molar-refractivity contribution in [3.05, 3.63) is 34.3 Å². The zero-order chi connectivity index (χ0) is 12.3. The van der Waals surface area contributed by atoms with Gasteiger partial charge in [0.2, 0.25) is 0 Å². The third kappa shape index (κ3) is 2.85. The molecule has 0 amide bonds. The molecule has 0 aliphatic rings. The molecule has 17 heavy (non-hydrogen) atoms. The molecule has 0 aromatic carbocycles. The summed E-state index contributed by atoms with van der Waals surface area (Å²) in [6.07, 6.45) is 3.51. The van der Waals surface area contributed by atoms with Gasteiger partial charge in [-0.2, -0.15) is 5.10 Å². The van der Waals surface area contributed by atoms with Crippen LogP contribution >= 0.6 is 11.3 Å². The third-order valence-corrected chi connectivity index (χ3v) is 3.32. The van der Waals surface area contributed by atoms with Gasteiger partial charge in [0.25, 0.3) is 0 Å². The largest absolute Gasteiger partial charge is 0.460 e. The predicted molar refractivity (Wildman–Crippen MR) is 66.0 cm³/mol. The second-order valence-electron chi connectivity index (χ2n) is 3.53. The molecule has 0 radical (unpaired) electrons. The van der Waals surface area contributed by atoms with E-state index in [9.17, 15) is 4.79 Å². The van der Waals surface area contributed by atoms with E-state index in [0.717, 1.165) is 4.88 Å². The molecule has 5 nitrogen and oxygen atoms in total. The van der Waals surface area contributed by atoms with Crippen molar-refractivity contribution in [1.82, 2.24) is 9.78 Å². The summed E-state index contributed by atoms with van der Waals surface area (Å²) in [7, 11) is 0. The van der Waals surface area contributed by atoms with E-state index < -0.39 is 0 Å². The van der Waals surface area contributed by atoms with Gasteiger partial charge in [0, 0.05) is 23.0 Å². The molecule has 2 aromatic rings. The number of thiophene rings is 1. The van der Waals surface area contributed by atoms with Crippen molar-refractivity contribution in [2.75, 3.05) is 12.3 Å². The number of nitrogens with two attached hydrogens (primary N) is 1.